The lowest BCUT2D eigenvalue weighted by Crippen LogP contribution is -2.44. The van der Waals surface area contributed by atoms with Crippen molar-refractivity contribution in [1.29, 1.82) is 0 Å². The van der Waals surface area contributed by atoms with E-state index in [4.69, 9.17) is 16.3 Å². The van der Waals surface area contributed by atoms with Gasteiger partial charge in [-0.1, -0.05) is 35.9 Å². The Kier molecular flexibility index (Phi) is 5.50. The highest BCUT2D eigenvalue weighted by Crippen LogP contribution is 2.53. The number of halogens is 2. The number of ether oxygens (including phenoxy) is 1. The molecular weight excluding hydrogens is 544 g/mol. The molecule has 0 bridgehead atoms. The molecule has 8 heteroatoms. The van der Waals surface area contributed by atoms with E-state index in [1.54, 1.807) is 49.6 Å². The number of ketones is 1. The van der Waals surface area contributed by atoms with E-state index in [1.807, 2.05) is 41.4 Å². The Bertz CT molecular complexity index is 1450. The summed E-state index contributed by atoms with van der Waals surface area (Å²) in [7, 11) is 1.55. The Hall–Kier alpha value is -3.42. The zero-order valence-corrected chi connectivity index (χ0v) is 21.4. The minimum Gasteiger partial charge on any atom is -0.496 e. The third-order valence-electron chi connectivity index (χ3n) is 7.25. The van der Waals surface area contributed by atoms with Gasteiger partial charge in [-0.15, -0.1) is 0 Å². The van der Waals surface area contributed by atoms with Crippen molar-refractivity contribution in [3.05, 3.63) is 99.1 Å². The van der Waals surface area contributed by atoms with E-state index in [2.05, 4.69) is 15.9 Å². The molecule has 0 radical (unpaired) electrons. The lowest BCUT2D eigenvalue weighted by atomic mass is 9.83. The molecule has 0 aliphatic carbocycles. The number of fused-ring (bicyclic) bond motifs is 5. The fourth-order valence-electron chi connectivity index (χ4n) is 5.69. The maximum Gasteiger partial charge on any atom is 0.240 e. The molecule has 6 rings (SSSR count). The van der Waals surface area contributed by atoms with Crippen LogP contribution in [0, 0.1) is 11.8 Å². The molecule has 36 heavy (non-hydrogen) atoms. The van der Waals surface area contributed by atoms with Crippen molar-refractivity contribution in [2.45, 2.75) is 12.1 Å². The third-order valence-corrected chi connectivity index (χ3v) is 8.12. The van der Waals surface area contributed by atoms with Crippen LogP contribution in [0.5, 0.6) is 5.75 Å². The first-order valence-corrected chi connectivity index (χ1v) is 12.6. The van der Waals surface area contributed by atoms with Gasteiger partial charge in [0.1, 0.15) is 11.8 Å². The number of amides is 2. The predicted octanol–water partition coefficient (Wildman–Crippen LogP) is 5.51. The van der Waals surface area contributed by atoms with Crippen LogP contribution < -0.4 is 9.64 Å². The van der Waals surface area contributed by atoms with Crippen molar-refractivity contribution < 1.29 is 19.1 Å². The van der Waals surface area contributed by atoms with Crippen LogP contribution in [0.25, 0.3) is 6.08 Å². The van der Waals surface area contributed by atoms with Crippen LogP contribution in [0.4, 0.5) is 5.69 Å². The molecule has 3 aliphatic heterocycles. The van der Waals surface area contributed by atoms with E-state index in [9.17, 15) is 14.4 Å². The molecule has 3 heterocycles. The first-order valence-electron chi connectivity index (χ1n) is 11.5. The number of anilines is 1. The summed E-state index contributed by atoms with van der Waals surface area (Å²) >= 11 is 9.49. The van der Waals surface area contributed by atoms with Crippen LogP contribution in [0.15, 0.2) is 77.4 Å². The molecule has 0 unspecified atom stereocenters. The van der Waals surface area contributed by atoms with E-state index in [-0.39, 0.29) is 17.6 Å². The van der Waals surface area contributed by atoms with E-state index in [1.165, 1.54) is 4.90 Å². The summed E-state index contributed by atoms with van der Waals surface area (Å²) in [4.78, 5) is 44.9. The van der Waals surface area contributed by atoms with Crippen molar-refractivity contribution in [2.75, 3.05) is 12.0 Å². The van der Waals surface area contributed by atoms with Crippen LogP contribution in [-0.2, 0) is 9.59 Å². The molecule has 0 saturated carbocycles. The molecule has 2 amide bonds. The molecule has 3 aliphatic rings. The predicted molar refractivity (Wildman–Crippen MR) is 140 cm³/mol. The monoisotopic (exact) mass is 562 g/mol. The van der Waals surface area contributed by atoms with E-state index in [0.29, 0.717) is 26.5 Å². The Morgan fingerprint density at radius 3 is 2.42 bits per heavy atom. The van der Waals surface area contributed by atoms with Crippen molar-refractivity contribution in [1.82, 2.24) is 4.90 Å². The van der Waals surface area contributed by atoms with Gasteiger partial charge in [0.15, 0.2) is 5.78 Å². The maximum atomic E-state index is 14.0. The highest BCUT2D eigenvalue weighted by Gasteiger charge is 2.64. The van der Waals surface area contributed by atoms with Crippen LogP contribution in [0.2, 0.25) is 5.02 Å². The Labute approximate surface area is 221 Å². The van der Waals surface area contributed by atoms with Crippen LogP contribution in [0.1, 0.15) is 27.5 Å². The van der Waals surface area contributed by atoms with Crippen LogP contribution in [0.3, 0.4) is 0 Å². The summed E-state index contributed by atoms with van der Waals surface area (Å²) in [6, 6.07) is 18.2. The first-order chi connectivity index (χ1) is 17.4. The number of hydrogen-bond acceptors (Lipinski definition) is 5. The van der Waals surface area contributed by atoms with Crippen molar-refractivity contribution >= 4 is 56.9 Å². The SMILES string of the molecule is COc1ccc(C(=O)[C@H]2[C@H]3C(=O)N(c4ccc(Cl)cc4)C(=O)[C@H]3[C@@H]3c4ccccc4C=CN23)cc1Br. The third kappa shape index (κ3) is 3.33. The highest BCUT2D eigenvalue weighted by atomic mass is 79.9. The number of benzene rings is 3. The quantitative estimate of drug-likeness (QED) is 0.309. The standard InChI is InChI=1S/C28H20BrClN2O4/c1-36-21-11-6-16(14-20(21)29)26(33)25-23-22(24-19-5-3-2-4-15(19)12-13-31(24)25)27(34)32(28(23)35)18-9-7-17(30)8-10-18/h2-14,22-25H,1H3/t22-,23+,24+,25-/m1/s1. The maximum absolute atomic E-state index is 14.0. The Morgan fingerprint density at radius 1 is 0.972 bits per heavy atom. The highest BCUT2D eigenvalue weighted by molar-refractivity contribution is 9.10. The minimum atomic E-state index is -0.835. The summed E-state index contributed by atoms with van der Waals surface area (Å²) in [6.45, 7) is 0. The van der Waals surface area contributed by atoms with Gasteiger partial charge in [-0.2, -0.15) is 0 Å². The van der Waals surface area contributed by atoms with Gasteiger partial charge in [-0.3, -0.25) is 14.4 Å². The molecule has 6 nitrogen and oxygen atoms in total. The average Bonchev–Trinajstić information content (AvgIpc) is 3.36. The lowest BCUT2D eigenvalue weighted by molar-refractivity contribution is -0.123. The number of imide groups is 1. The average molecular weight is 564 g/mol. The van der Waals surface area contributed by atoms with E-state index in [0.717, 1.165) is 11.1 Å². The summed E-state index contributed by atoms with van der Waals surface area (Å²) in [6.07, 6.45) is 3.78. The molecule has 180 valence electrons. The molecule has 3 aromatic rings. The second-order valence-corrected chi connectivity index (χ2v) is 10.3. The Balaban J connectivity index is 1.48. The number of nitrogens with zero attached hydrogens (tertiary/aromatic N) is 2. The fraction of sp³-hybridized carbons (Fsp3) is 0.179. The van der Waals surface area contributed by atoms with Crippen LogP contribution >= 0.6 is 27.5 Å². The summed E-state index contributed by atoms with van der Waals surface area (Å²) in [5, 5.41) is 0.508. The lowest BCUT2D eigenvalue weighted by Gasteiger charge is -2.35. The minimum absolute atomic E-state index is 0.223. The number of hydrogen-bond donors (Lipinski definition) is 0. The molecular formula is C28H20BrClN2O4. The first kappa shape index (κ1) is 23.0. The van der Waals surface area contributed by atoms with Gasteiger partial charge in [0.25, 0.3) is 0 Å². The smallest absolute Gasteiger partial charge is 0.240 e. The van der Waals surface area contributed by atoms with Crippen molar-refractivity contribution in [3.8, 4) is 5.75 Å². The number of carbonyl (C=O) groups is 3. The van der Waals surface area contributed by atoms with Gasteiger partial charge < -0.3 is 9.64 Å². The van der Waals surface area contributed by atoms with E-state index >= 15 is 0 Å². The van der Waals surface area contributed by atoms with Gasteiger partial charge in [-0.05, 0) is 75.6 Å². The molecule has 0 N–H and O–H groups in total. The molecule has 2 fully saturated rings. The second-order valence-electron chi connectivity index (χ2n) is 9.03. The Morgan fingerprint density at radius 2 is 1.69 bits per heavy atom. The molecule has 4 atom stereocenters. The number of rotatable bonds is 4. The number of carbonyl (C=O) groups excluding carboxylic acids is 3. The van der Waals surface area contributed by atoms with Gasteiger partial charge in [0.05, 0.1) is 35.1 Å². The zero-order valence-electron chi connectivity index (χ0n) is 19.1. The van der Waals surface area contributed by atoms with Gasteiger partial charge >= 0.3 is 0 Å². The van der Waals surface area contributed by atoms with Crippen LogP contribution in [-0.4, -0.2) is 35.6 Å². The number of methoxy groups -OCH3 is 1. The topological polar surface area (TPSA) is 66.9 Å². The largest absolute Gasteiger partial charge is 0.496 e. The normalized spacial score (nSPS) is 24.0. The summed E-state index contributed by atoms with van der Waals surface area (Å²) < 4.78 is 5.94. The summed E-state index contributed by atoms with van der Waals surface area (Å²) in [5.41, 5.74) is 2.79. The second kappa shape index (κ2) is 8.61. The van der Waals surface area contributed by atoms with Crippen molar-refractivity contribution in [2.24, 2.45) is 11.8 Å². The van der Waals surface area contributed by atoms with E-state index < -0.39 is 23.9 Å². The van der Waals surface area contributed by atoms with Gasteiger partial charge in [0.2, 0.25) is 11.8 Å². The zero-order chi connectivity index (χ0) is 25.1. The summed E-state index contributed by atoms with van der Waals surface area (Å²) in [5.74, 6) is -1.84. The van der Waals surface area contributed by atoms with Crippen molar-refractivity contribution in [3.63, 3.8) is 0 Å². The van der Waals surface area contributed by atoms with Gasteiger partial charge in [-0.25, -0.2) is 4.90 Å². The fourth-order valence-corrected chi connectivity index (χ4v) is 6.36. The molecule has 2 saturated heterocycles. The molecule has 0 aromatic heterocycles. The van der Waals surface area contributed by atoms with Gasteiger partial charge in [0, 0.05) is 16.8 Å². The molecule has 3 aromatic carbocycles. The number of Topliss-reactive ketones (excluding diaryl/α,β-unsaturated/α-hetero) is 1. The molecule has 0 spiro atoms.